The molecule has 0 unspecified atom stereocenters. The highest BCUT2D eigenvalue weighted by Crippen LogP contribution is 2.30. The van der Waals surface area contributed by atoms with Crippen LogP contribution in [0.2, 0.25) is 0 Å². The van der Waals surface area contributed by atoms with Gasteiger partial charge in [-0.1, -0.05) is 6.07 Å². The predicted molar refractivity (Wildman–Crippen MR) is 103 cm³/mol. The zero-order chi connectivity index (χ0) is 20.7. The van der Waals surface area contributed by atoms with Gasteiger partial charge in [-0.05, 0) is 60.2 Å². The van der Waals surface area contributed by atoms with Crippen molar-refractivity contribution < 1.29 is 35.1 Å². The van der Waals surface area contributed by atoms with Crippen molar-refractivity contribution in [1.82, 2.24) is 0 Å². The van der Waals surface area contributed by atoms with Gasteiger partial charge in [-0.25, -0.2) is 0 Å². The van der Waals surface area contributed by atoms with Gasteiger partial charge in [0, 0.05) is 12.8 Å². The topological polar surface area (TPSA) is 127 Å². The van der Waals surface area contributed by atoms with Crippen molar-refractivity contribution in [3.8, 4) is 23.0 Å². The van der Waals surface area contributed by atoms with Gasteiger partial charge in [-0.15, -0.1) is 0 Å². The minimum atomic E-state index is -0.810. The zero-order valence-electron chi connectivity index (χ0n) is 15.8. The molecular formula is C21H26O7. The first-order valence-electron chi connectivity index (χ1n) is 9.04. The third-order valence-electron chi connectivity index (χ3n) is 4.61. The zero-order valence-corrected chi connectivity index (χ0v) is 15.8. The van der Waals surface area contributed by atoms with Gasteiger partial charge in [-0.2, -0.15) is 0 Å². The number of Topliss-reactive ketones (excluding diaryl/α,β-unsaturated/α-hetero) is 1. The first-order valence-corrected chi connectivity index (χ1v) is 9.04. The Morgan fingerprint density at radius 3 is 2.39 bits per heavy atom. The second-order valence-electron chi connectivity index (χ2n) is 6.71. The Balaban J connectivity index is 1.85. The van der Waals surface area contributed by atoms with Gasteiger partial charge < -0.3 is 30.3 Å². The summed E-state index contributed by atoms with van der Waals surface area (Å²) >= 11 is 0. The number of rotatable bonds is 10. The third kappa shape index (κ3) is 5.87. The molecule has 0 aliphatic heterocycles. The number of phenolic OH excluding ortho intramolecular Hbond substituents is 3. The van der Waals surface area contributed by atoms with Gasteiger partial charge in [-0.3, -0.25) is 4.79 Å². The van der Waals surface area contributed by atoms with Crippen LogP contribution in [0.25, 0.3) is 0 Å². The monoisotopic (exact) mass is 390 g/mol. The first-order chi connectivity index (χ1) is 13.3. The van der Waals surface area contributed by atoms with Crippen LogP contribution in [-0.2, 0) is 24.2 Å². The summed E-state index contributed by atoms with van der Waals surface area (Å²) in [5.41, 5.74) is 1.99. The molecule has 2 rings (SSSR count). The average Bonchev–Trinajstić information content (AvgIpc) is 2.67. The Morgan fingerprint density at radius 2 is 1.75 bits per heavy atom. The second kappa shape index (κ2) is 9.96. The number of aromatic hydroxyl groups is 3. The Morgan fingerprint density at radius 1 is 1.00 bits per heavy atom. The van der Waals surface area contributed by atoms with Crippen molar-refractivity contribution in [3.63, 3.8) is 0 Å². The number of methoxy groups -OCH3 is 1. The molecule has 7 heteroatoms. The van der Waals surface area contributed by atoms with Crippen molar-refractivity contribution in [2.24, 2.45) is 0 Å². The summed E-state index contributed by atoms with van der Waals surface area (Å²) in [6, 6.07) is 7.48. The molecular weight excluding hydrogens is 364 g/mol. The van der Waals surface area contributed by atoms with Crippen LogP contribution >= 0.6 is 0 Å². The summed E-state index contributed by atoms with van der Waals surface area (Å²) < 4.78 is 5.06. The van der Waals surface area contributed by atoms with Gasteiger partial charge in [0.25, 0.3) is 0 Å². The van der Waals surface area contributed by atoms with E-state index in [4.69, 9.17) is 4.74 Å². The van der Waals surface area contributed by atoms with Gasteiger partial charge >= 0.3 is 0 Å². The summed E-state index contributed by atoms with van der Waals surface area (Å²) in [5, 5.41) is 48.1. The molecule has 0 heterocycles. The maximum absolute atomic E-state index is 12.2. The summed E-state index contributed by atoms with van der Waals surface area (Å²) in [4.78, 5) is 12.2. The van der Waals surface area contributed by atoms with Crippen LogP contribution < -0.4 is 4.74 Å². The van der Waals surface area contributed by atoms with Gasteiger partial charge in [0.15, 0.2) is 23.0 Å². The number of phenols is 3. The van der Waals surface area contributed by atoms with Gasteiger partial charge in [0.05, 0.1) is 19.8 Å². The van der Waals surface area contributed by atoms with E-state index in [0.717, 1.165) is 5.56 Å². The molecule has 0 aliphatic rings. The number of carbonyl (C=O) groups excluding carboxylic acids is 1. The fourth-order valence-corrected chi connectivity index (χ4v) is 3.00. The second-order valence-corrected chi connectivity index (χ2v) is 6.71. The molecule has 0 radical (unpaired) electrons. The van der Waals surface area contributed by atoms with E-state index < -0.39 is 6.10 Å². The van der Waals surface area contributed by atoms with Crippen LogP contribution in [0.15, 0.2) is 30.3 Å². The molecule has 0 saturated heterocycles. The highest BCUT2D eigenvalue weighted by Gasteiger charge is 2.14. The molecule has 0 aliphatic carbocycles. The minimum absolute atomic E-state index is 0.00768. The molecule has 5 N–H and O–H groups in total. The van der Waals surface area contributed by atoms with E-state index in [-0.39, 0.29) is 48.2 Å². The Hall–Kier alpha value is -2.77. The number of ketones is 1. The van der Waals surface area contributed by atoms with Crippen molar-refractivity contribution in [3.05, 3.63) is 47.0 Å². The SMILES string of the molecule is COc1cc(CCC(=O)C[C@H](O)CCc2ccc(O)c(O)c2)c(CO)cc1O. The van der Waals surface area contributed by atoms with Gasteiger partial charge in [0.1, 0.15) is 5.78 Å². The lowest BCUT2D eigenvalue weighted by Gasteiger charge is -2.13. The minimum Gasteiger partial charge on any atom is -0.504 e. The van der Waals surface area contributed by atoms with E-state index in [9.17, 15) is 30.3 Å². The number of aryl methyl sites for hydroxylation is 2. The molecule has 0 fully saturated rings. The molecule has 152 valence electrons. The number of carbonyl (C=O) groups is 1. The number of hydrogen-bond acceptors (Lipinski definition) is 7. The first kappa shape index (κ1) is 21.5. The summed E-state index contributed by atoms with van der Waals surface area (Å²) in [6.45, 7) is -0.261. The van der Waals surface area contributed by atoms with E-state index in [1.54, 1.807) is 12.1 Å². The molecule has 2 aromatic carbocycles. The maximum Gasteiger partial charge on any atom is 0.160 e. The van der Waals surface area contributed by atoms with Crippen molar-refractivity contribution >= 4 is 5.78 Å². The summed E-state index contributed by atoms with van der Waals surface area (Å²) in [7, 11) is 1.42. The standard InChI is InChI=1S/C21H26O7/c1-28-21-10-14(15(12-22)9-20(21)27)4-6-17(24)11-16(23)5-2-13-3-7-18(25)19(26)8-13/h3,7-10,16,22-23,25-27H,2,4-6,11-12H2,1H3/t16-/m1/s1. The molecule has 0 saturated carbocycles. The molecule has 0 aromatic heterocycles. The quantitative estimate of drug-likeness (QED) is 0.394. The number of aliphatic hydroxyl groups is 2. The van der Waals surface area contributed by atoms with Crippen molar-refractivity contribution in [1.29, 1.82) is 0 Å². The lowest BCUT2D eigenvalue weighted by Crippen LogP contribution is -2.15. The molecule has 2 aromatic rings. The lowest BCUT2D eigenvalue weighted by molar-refractivity contribution is -0.121. The summed E-state index contributed by atoms with van der Waals surface area (Å²) in [6.07, 6.45) is 0.572. The number of hydrogen-bond donors (Lipinski definition) is 5. The van der Waals surface area contributed by atoms with E-state index in [2.05, 4.69) is 0 Å². The van der Waals surface area contributed by atoms with Crippen LogP contribution in [0.3, 0.4) is 0 Å². The Labute approximate surface area is 163 Å². The van der Waals surface area contributed by atoms with Crippen LogP contribution in [0.5, 0.6) is 23.0 Å². The highest BCUT2D eigenvalue weighted by molar-refractivity contribution is 5.79. The van der Waals surface area contributed by atoms with E-state index in [0.29, 0.717) is 30.4 Å². The van der Waals surface area contributed by atoms with Crippen LogP contribution in [0.1, 0.15) is 36.0 Å². The molecule has 0 amide bonds. The summed E-state index contributed by atoms with van der Waals surface area (Å²) in [5.74, 6) is -0.328. The number of ether oxygens (including phenoxy) is 1. The third-order valence-corrected chi connectivity index (χ3v) is 4.61. The van der Waals surface area contributed by atoms with Crippen LogP contribution in [0.4, 0.5) is 0 Å². The van der Waals surface area contributed by atoms with E-state index >= 15 is 0 Å². The average molecular weight is 390 g/mol. The van der Waals surface area contributed by atoms with Gasteiger partial charge in [0.2, 0.25) is 0 Å². The van der Waals surface area contributed by atoms with Crippen molar-refractivity contribution in [2.75, 3.05) is 7.11 Å². The molecule has 0 bridgehead atoms. The number of aliphatic hydroxyl groups excluding tert-OH is 2. The molecule has 1 atom stereocenters. The molecule has 7 nitrogen and oxygen atoms in total. The smallest absolute Gasteiger partial charge is 0.160 e. The van der Waals surface area contributed by atoms with E-state index in [1.807, 2.05) is 0 Å². The highest BCUT2D eigenvalue weighted by atomic mass is 16.5. The maximum atomic E-state index is 12.2. The van der Waals surface area contributed by atoms with Crippen LogP contribution in [0, 0.1) is 0 Å². The number of benzene rings is 2. The fourth-order valence-electron chi connectivity index (χ4n) is 3.00. The van der Waals surface area contributed by atoms with Crippen LogP contribution in [-0.4, -0.2) is 44.5 Å². The largest absolute Gasteiger partial charge is 0.504 e. The molecule has 28 heavy (non-hydrogen) atoms. The lowest BCUT2D eigenvalue weighted by atomic mass is 9.97. The molecule has 0 spiro atoms. The Kier molecular flexibility index (Phi) is 7.66. The van der Waals surface area contributed by atoms with Crippen molar-refractivity contribution in [2.45, 2.75) is 44.8 Å². The normalized spacial score (nSPS) is 12.0. The fraction of sp³-hybridized carbons (Fsp3) is 0.381. The Bertz CT molecular complexity index is 817. The predicted octanol–water partition coefficient (Wildman–Crippen LogP) is 2.19. The van der Waals surface area contributed by atoms with E-state index in [1.165, 1.54) is 25.3 Å².